The van der Waals surface area contributed by atoms with Gasteiger partial charge in [-0.25, -0.2) is 0 Å². The van der Waals surface area contributed by atoms with Crippen LogP contribution in [0.2, 0.25) is 0 Å². The fourth-order valence-electron chi connectivity index (χ4n) is 4.26. The van der Waals surface area contributed by atoms with E-state index in [0.29, 0.717) is 11.7 Å². The first-order valence-electron chi connectivity index (χ1n) is 8.60. The predicted octanol–water partition coefficient (Wildman–Crippen LogP) is 3.12. The monoisotopic (exact) mass is 319 g/mol. The first-order valence-corrected chi connectivity index (χ1v) is 8.60. The Morgan fingerprint density at radius 3 is 2.70 bits per heavy atom. The molecule has 3 atom stereocenters. The number of phenolic OH excluding ortho intramolecular Hbond substituents is 1. The molecule has 1 aromatic carbocycles. The van der Waals surface area contributed by atoms with Crippen molar-refractivity contribution in [1.29, 1.82) is 0 Å². The maximum Gasteiger partial charge on any atom is 0.160 e. The predicted molar refractivity (Wildman–Crippen MR) is 90.9 cm³/mol. The number of phenols is 1. The smallest absolute Gasteiger partial charge is 0.160 e. The van der Waals surface area contributed by atoms with Crippen molar-refractivity contribution >= 4 is 0 Å². The van der Waals surface area contributed by atoms with Crippen molar-refractivity contribution in [3.8, 4) is 11.5 Å². The lowest BCUT2D eigenvalue weighted by molar-refractivity contribution is -0.0259. The van der Waals surface area contributed by atoms with Crippen molar-refractivity contribution in [1.82, 2.24) is 4.90 Å². The quantitative estimate of drug-likeness (QED) is 0.879. The molecule has 1 aromatic rings. The Bertz CT molecular complexity index is 579. The number of methoxy groups -OCH3 is 1. The standard InChI is InChI=1S/C19H29NO3/c1-19(2,3)10-13-11-20-6-5-12-7-17(22)18(23-4)8-14(12)15(20)9-16(13)21/h7-8,13,15-16,21-22H,5-6,9-11H2,1-4H3/t13-,15-,16+/m1/s1. The van der Waals surface area contributed by atoms with Gasteiger partial charge in [0, 0.05) is 19.1 Å². The van der Waals surface area contributed by atoms with Crippen molar-refractivity contribution < 1.29 is 14.9 Å². The average molecular weight is 319 g/mol. The highest BCUT2D eigenvalue weighted by Gasteiger charge is 2.39. The molecule has 3 rings (SSSR count). The number of piperidine rings is 1. The third-order valence-corrected chi connectivity index (χ3v) is 5.26. The molecule has 0 bridgehead atoms. The van der Waals surface area contributed by atoms with Gasteiger partial charge in [-0.1, -0.05) is 20.8 Å². The molecule has 2 aliphatic heterocycles. The van der Waals surface area contributed by atoms with Crippen molar-refractivity contribution in [2.24, 2.45) is 11.3 Å². The minimum atomic E-state index is -0.263. The molecule has 128 valence electrons. The van der Waals surface area contributed by atoms with Gasteiger partial charge in [0.2, 0.25) is 0 Å². The van der Waals surface area contributed by atoms with E-state index in [1.54, 1.807) is 7.11 Å². The summed E-state index contributed by atoms with van der Waals surface area (Å²) in [4.78, 5) is 2.50. The number of rotatable bonds is 2. The summed E-state index contributed by atoms with van der Waals surface area (Å²) < 4.78 is 5.27. The number of aliphatic hydroxyl groups excluding tert-OH is 1. The van der Waals surface area contributed by atoms with Gasteiger partial charge in [0.25, 0.3) is 0 Å². The van der Waals surface area contributed by atoms with Crippen molar-refractivity contribution in [2.45, 2.75) is 52.2 Å². The second-order valence-corrected chi connectivity index (χ2v) is 8.31. The number of fused-ring (bicyclic) bond motifs is 3. The van der Waals surface area contributed by atoms with E-state index < -0.39 is 0 Å². The molecule has 2 N–H and O–H groups in total. The van der Waals surface area contributed by atoms with Gasteiger partial charge in [-0.2, -0.15) is 0 Å². The summed E-state index contributed by atoms with van der Waals surface area (Å²) in [7, 11) is 1.58. The molecular weight excluding hydrogens is 290 g/mol. The number of hydrogen-bond acceptors (Lipinski definition) is 4. The zero-order valence-corrected chi connectivity index (χ0v) is 14.7. The maximum atomic E-state index is 10.7. The first-order chi connectivity index (χ1) is 10.8. The van der Waals surface area contributed by atoms with Gasteiger partial charge in [-0.05, 0) is 53.9 Å². The maximum absolute atomic E-state index is 10.7. The molecule has 1 fully saturated rings. The fourth-order valence-corrected chi connectivity index (χ4v) is 4.26. The Morgan fingerprint density at radius 1 is 1.30 bits per heavy atom. The summed E-state index contributed by atoms with van der Waals surface area (Å²) >= 11 is 0. The van der Waals surface area contributed by atoms with Crippen LogP contribution in [0.1, 0.15) is 50.8 Å². The van der Waals surface area contributed by atoms with Gasteiger partial charge < -0.3 is 14.9 Å². The molecule has 1 saturated heterocycles. The second-order valence-electron chi connectivity index (χ2n) is 8.31. The third kappa shape index (κ3) is 3.33. The van der Waals surface area contributed by atoms with Crippen LogP contribution in [0.15, 0.2) is 12.1 Å². The zero-order valence-electron chi connectivity index (χ0n) is 14.7. The minimum absolute atomic E-state index is 0.210. The van der Waals surface area contributed by atoms with Crippen LogP contribution in [-0.4, -0.2) is 41.4 Å². The van der Waals surface area contributed by atoms with Crippen LogP contribution in [0.4, 0.5) is 0 Å². The van der Waals surface area contributed by atoms with Crippen molar-refractivity contribution in [3.05, 3.63) is 23.3 Å². The number of nitrogens with zero attached hydrogens (tertiary/aromatic N) is 1. The van der Waals surface area contributed by atoms with E-state index >= 15 is 0 Å². The highest BCUT2D eigenvalue weighted by molar-refractivity contribution is 5.48. The lowest BCUT2D eigenvalue weighted by Gasteiger charge is -2.47. The Labute approximate surface area is 139 Å². The summed E-state index contributed by atoms with van der Waals surface area (Å²) in [6.45, 7) is 8.67. The van der Waals surface area contributed by atoms with Gasteiger partial charge in [-0.15, -0.1) is 0 Å². The van der Waals surface area contributed by atoms with Gasteiger partial charge >= 0.3 is 0 Å². The van der Waals surface area contributed by atoms with Gasteiger partial charge in [0.1, 0.15) is 0 Å². The molecule has 0 aromatic heterocycles. The SMILES string of the molecule is COc1cc2c(cc1O)CCN1C[C@@H](CC(C)(C)C)[C@@H](O)C[C@H]21. The van der Waals surface area contributed by atoms with E-state index in [9.17, 15) is 10.2 Å². The van der Waals surface area contributed by atoms with Gasteiger partial charge in [0.15, 0.2) is 11.5 Å². The lowest BCUT2D eigenvalue weighted by Crippen LogP contribution is -2.48. The molecule has 2 aliphatic rings. The number of aromatic hydroxyl groups is 1. The largest absolute Gasteiger partial charge is 0.504 e. The van der Waals surface area contributed by atoms with E-state index in [-0.39, 0.29) is 23.3 Å². The van der Waals surface area contributed by atoms with Gasteiger partial charge in [0.05, 0.1) is 13.2 Å². The molecule has 2 heterocycles. The molecule has 0 saturated carbocycles. The molecule has 4 nitrogen and oxygen atoms in total. The lowest BCUT2D eigenvalue weighted by atomic mass is 9.75. The van der Waals surface area contributed by atoms with E-state index in [4.69, 9.17) is 4.74 Å². The number of hydrogen-bond donors (Lipinski definition) is 2. The molecule has 23 heavy (non-hydrogen) atoms. The third-order valence-electron chi connectivity index (χ3n) is 5.26. The summed E-state index contributed by atoms with van der Waals surface area (Å²) in [5, 5.41) is 20.7. The van der Waals surface area contributed by atoms with Gasteiger partial charge in [-0.3, -0.25) is 4.90 Å². The molecule has 0 spiro atoms. The first kappa shape index (κ1) is 16.6. The number of benzene rings is 1. The average Bonchev–Trinajstić information content (AvgIpc) is 2.46. The fraction of sp³-hybridized carbons (Fsp3) is 0.684. The molecule has 0 radical (unpaired) electrons. The number of aliphatic hydroxyl groups is 1. The summed E-state index contributed by atoms with van der Waals surface area (Å²) in [6.07, 6.45) is 2.49. The van der Waals surface area contributed by atoms with Crippen molar-refractivity contribution in [3.63, 3.8) is 0 Å². The topological polar surface area (TPSA) is 52.9 Å². The van der Waals surface area contributed by atoms with Crippen LogP contribution in [0.25, 0.3) is 0 Å². The van der Waals surface area contributed by atoms with Crippen LogP contribution in [-0.2, 0) is 6.42 Å². The molecule has 0 aliphatic carbocycles. The summed E-state index contributed by atoms with van der Waals surface area (Å²) in [6, 6.07) is 4.02. The van der Waals surface area contributed by atoms with Crippen LogP contribution in [0.5, 0.6) is 11.5 Å². The van der Waals surface area contributed by atoms with E-state index in [2.05, 4.69) is 25.7 Å². The molecule has 4 heteroatoms. The highest BCUT2D eigenvalue weighted by Crippen LogP contribution is 2.44. The number of ether oxygens (including phenoxy) is 1. The van der Waals surface area contributed by atoms with Crippen LogP contribution >= 0.6 is 0 Å². The normalized spacial score (nSPS) is 28.1. The Morgan fingerprint density at radius 2 is 2.04 bits per heavy atom. The van der Waals surface area contributed by atoms with E-state index in [1.165, 1.54) is 11.1 Å². The summed E-state index contributed by atoms with van der Waals surface area (Å²) in [5.74, 6) is 1.07. The Hall–Kier alpha value is -1.26. The zero-order chi connectivity index (χ0) is 16.8. The van der Waals surface area contributed by atoms with Crippen LogP contribution in [0, 0.1) is 11.3 Å². The minimum Gasteiger partial charge on any atom is -0.504 e. The highest BCUT2D eigenvalue weighted by atomic mass is 16.5. The summed E-state index contributed by atoms with van der Waals surface area (Å²) in [5.41, 5.74) is 2.63. The van der Waals surface area contributed by atoms with Crippen LogP contribution in [0.3, 0.4) is 0 Å². The Kier molecular flexibility index (Phi) is 4.32. The van der Waals surface area contributed by atoms with Crippen LogP contribution < -0.4 is 4.74 Å². The van der Waals surface area contributed by atoms with Crippen molar-refractivity contribution in [2.75, 3.05) is 20.2 Å². The van der Waals surface area contributed by atoms with E-state index in [1.807, 2.05) is 12.1 Å². The Balaban J connectivity index is 1.85. The molecule has 0 amide bonds. The molecular formula is C19H29NO3. The molecule has 0 unspecified atom stereocenters. The second kappa shape index (κ2) is 5.99. The van der Waals surface area contributed by atoms with E-state index in [0.717, 1.165) is 32.4 Å².